The van der Waals surface area contributed by atoms with E-state index in [-0.39, 0.29) is 23.3 Å². The highest BCUT2D eigenvalue weighted by Gasteiger charge is 2.48. The molecule has 1 aromatic rings. The Balaban J connectivity index is 1.28. The fourth-order valence-corrected chi connectivity index (χ4v) is 8.28. The smallest absolute Gasteiger partial charge is 0.237 e. The lowest BCUT2D eigenvalue weighted by Crippen LogP contribution is -2.65. The van der Waals surface area contributed by atoms with Crippen LogP contribution in [0.5, 0.6) is 0 Å². The first-order chi connectivity index (χ1) is 19.7. The summed E-state index contributed by atoms with van der Waals surface area (Å²) in [6.45, 7) is 5.21. The largest absolute Gasteiger partial charge is 0.392 e. The van der Waals surface area contributed by atoms with Gasteiger partial charge in [0.15, 0.2) is 0 Å². The molecule has 3 saturated heterocycles. The van der Waals surface area contributed by atoms with Crippen LogP contribution in [0.3, 0.4) is 0 Å². The van der Waals surface area contributed by atoms with Crippen molar-refractivity contribution in [3.63, 3.8) is 0 Å². The minimum Gasteiger partial charge on any atom is -0.392 e. The monoisotopic (exact) mass is 609 g/mol. The van der Waals surface area contributed by atoms with E-state index in [1.165, 1.54) is 36.6 Å². The van der Waals surface area contributed by atoms with Crippen molar-refractivity contribution < 1.29 is 30.0 Å². The molecule has 1 saturated carbocycles. The van der Waals surface area contributed by atoms with Crippen molar-refractivity contribution in [1.82, 2.24) is 15.5 Å². The van der Waals surface area contributed by atoms with Gasteiger partial charge >= 0.3 is 0 Å². The number of thioether (sulfide) groups is 2. The molecule has 230 valence electrons. The Hall–Kier alpha value is -0.890. The second-order valence-corrected chi connectivity index (χ2v) is 14.8. The predicted molar refractivity (Wildman–Crippen MR) is 162 cm³/mol. The predicted octanol–water partition coefficient (Wildman–Crippen LogP) is 1.56. The maximum atomic E-state index is 13.6. The lowest BCUT2D eigenvalue weighted by molar-refractivity contribution is -0.205. The Bertz CT molecular complexity index is 999. The van der Waals surface area contributed by atoms with Gasteiger partial charge in [0, 0.05) is 29.8 Å². The first kappa shape index (κ1) is 31.5. The number of aliphatic hydroxyl groups excluding tert-OH is 4. The van der Waals surface area contributed by atoms with Crippen molar-refractivity contribution in [3.8, 4) is 0 Å². The van der Waals surface area contributed by atoms with Crippen LogP contribution < -0.4 is 10.6 Å². The molecule has 4 fully saturated rings. The average Bonchev–Trinajstić information content (AvgIpc) is 3.69. The Labute approximate surface area is 252 Å². The molecule has 5 rings (SSSR count). The van der Waals surface area contributed by atoms with Crippen LogP contribution in [0.15, 0.2) is 29.2 Å². The molecule has 0 bridgehead atoms. The molecular formula is C30H47N3O6S2. The third kappa shape index (κ3) is 8.19. The zero-order chi connectivity index (χ0) is 29.1. The van der Waals surface area contributed by atoms with Gasteiger partial charge in [-0.1, -0.05) is 31.9 Å². The molecule has 0 spiro atoms. The normalized spacial score (nSPS) is 36.1. The highest BCUT2D eigenvalue weighted by Crippen LogP contribution is 2.38. The number of piperidine rings is 1. The van der Waals surface area contributed by atoms with E-state index in [0.717, 1.165) is 49.7 Å². The molecule has 0 radical (unpaired) electrons. The number of β-amino-alcohol motifs (C(OH)–C–C–N with tert-alkyl or cyclic N) is 1. The van der Waals surface area contributed by atoms with Crippen LogP contribution in [0, 0.1) is 11.8 Å². The van der Waals surface area contributed by atoms with Crippen LogP contribution in [0.1, 0.15) is 51.0 Å². The number of ether oxygens (including phenoxy) is 1. The van der Waals surface area contributed by atoms with Gasteiger partial charge in [0.2, 0.25) is 5.91 Å². The molecule has 41 heavy (non-hydrogen) atoms. The fraction of sp³-hybridized carbons (Fsp3) is 0.767. The minimum atomic E-state index is -1.37. The van der Waals surface area contributed by atoms with E-state index < -0.39 is 35.9 Å². The highest BCUT2D eigenvalue weighted by molar-refractivity contribution is 8.00. The number of nitrogens with one attached hydrogen (secondary N) is 2. The van der Waals surface area contributed by atoms with Gasteiger partial charge in [-0.2, -0.15) is 0 Å². The first-order valence-electron chi connectivity index (χ1n) is 15.1. The topological polar surface area (TPSA) is 135 Å². The number of carbonyl (C=O) groups excluding carboxylic acids is 1. The van der Waals surface area contributed by atoms with E-state index in [0.29, 0.717) is 12.5 Å². The second kappa shape index (κ2) is 14.3. The maximum absolute atomic E-state index is 13.6. The molecule has 1 amide bonds. The van der Waals surface area contributed by atoms with E-state index in [4.69, 9.17) is 4.74 Å². The molecule has 11 heteroatoms. The van der Waals surface area contributed by atoms with E-state index in [1.54, 1.807) is 18.0 Å². The standard InChI is InChI=1S/C30H47N3O6S2/c1-17(41-22-7-5-19(6-8-22)15-33-12-10-21(34)16-33)24(28-26(36)25(35)27(37)30(39-28)40-2)32-29(38)23-14-20(9-11-31-23)13-18-3-4-18/h5-8,17-18,20-21,23-28,30-31,34-37H,3-4,9-16H2,1-2H3,(H,32,38)/t17-,20-,21+,23-,24-,25-,26+,27+,28?,30+/m0/s1. The Morgan fingerprint density at radius 2 is 1.83 bits per heavy atom. The number of amides is 1. The van der Waals surface area contributed by atoms with Crippen LogP contribution >= 0.6 is 23.5 Å². The van der Waals surface area contributed by atoms with Gasteiger partial charge in [-0.05, 0) is 68.0 Å². The second-order valence-electron chi connectivity index (χ2n) is 12.4. The fourth-order valence-electron chi connectivity index (χ4n) is 6.51. The van der Waals surface area contributed by atoms with Crippen LogP contribution in [-0.2, 0) is 16.1 Å². The molecule has 4 aliphatic rings. The summed E-state index contributed by atoms with van der Waals surface area (Å²) in [6.07, 6.45) is 3.24. The Morgan fingerprint density at radius 1 is 1.07 bits per heavy atom. The molecule has 3 aliphatic heterocycles. The number of aliphatic hydroxyl groups is 4. The number of likely N-dealkylation sites (tertiary alicyclic amines) is 1. The van der Waals surface area contributed by atoms with E-state index in [1.807, 2.05) is 6.92 Å². The molecule has 10 atom stereocenters. The van der Waals surface area contributed by atoms with Crippen molar-refractivity contribution in [2.45, 2.75) is 110 Å². The van der Waals surface area contributed by atoms with Crippen LogP contribution in [0.2, 0.25) is 0 Å². The Kier molecular flexibility index (Phi) is 11.0. The van der Waals surface area contributed by atoms with Crippen molar-refractivity contribution in [2.75, 3.05) is 25.9 Å². The van der Waals surface area contributed by atoms with Gasteiger partial charge in [-0.25, -0.2) is 0 Å². The summed E-state index contributed by atoms with van der Waals surface area (Å²) in [5.74, 6) is 1.26. The van der Waals surface area contributed by atoms with Crippen molar-refractivity contribution >= 4 is 29.4 Å². The van der Waals surface area contributed by atoms with Gasteiger partial charge in [-0.3, -0.25) is 9.69 Å². The van der Waals surface area contributed by atoms with Gasteiger partial charge in [0.1, 0.15) is 29.9 Å². The third-order valence-electron chi connectivity index (χ3n) is 9.10. The quantitative estimate of drug-likeness (QED) is 0.205. The summed E-state index contributed by atoms with van der Waals surface area (Å²) in [7, 11) is 0. The maximum Gasteiger partial charge on any atom is 0.237 e. The zero-order valence-electron chi connectivity index (χ0n) is 24.1. The van der Waals surface area contributed by atoms with E-state index >= 15 is 0 Å². The van der Waals surface area contributed by atoms with Gasteiger partial charge in [0.05, 0.1) is 18.2 Å². The number of benzene rings is 1. The van der Waals surface area contributed by atoms with E-state index in [2.05, 4.69) is 39.8 Å². The van der Waals surface area contributed by atoms with Crippen LogP contribution in [-0.4, -0.2) is 110 Å². The van der Waals surface area contributed by atoms with Gasteiger partial charge < -0.3 is 35.8 Å². The summed E-state index contributed by atoms with van der Waals surface area (Å²) in [4.78, 5) is 16.9. The van der Waals surface area contributed by atoms with Crippen LogP contribution in [0.4, 0.5) is 0 Å². The lowest BCUT2D eigenvalue weighted by Gasteiger charge is -2.45. The molecule has 9 nitrogen and oxygen atoms in total. The third-order valence-corrected chi connectivity index (χ3v) is 11.2. The molecule has 1 unspecified atom stereocenters. The number of rotatable bonds is 11. The lowest BCUT2D eigenvalue weighted by atomic mass is 9.87. The number of nitrogens with zero attached hydrogens (tertiary/aromatic N) is 1. The molecule has 3 heterocycles. The van der Waals surface area contributed by atoms with E-state index in [9.17, 15) is 25.2 Å². The van der Waals surface area contributed by atoms with Crippen LogP contribution in [0.25, 0.3) is 0 Å². The molecule has 0 aromatic heterocycles. The number of carbonyl (C=O) groups is 1. The SMILES string of the molecule is CS[C@H]1OC([C@@H](NC(=O)[C@@H]2C[C@H](CC3CC3)CCN2)[C@H](C)Sc2ccc(CN3CC[C@@H](O)C3)cc2)[C@H](O)[C@H](O)[C@H]1O. The first-order valence-corrected chi connectivity index (χ1v) is 17.3. The van der Waals surface area contributed by atoms with Crippen molar-refractivity contribution in [1.29, 1.82) is 0 Å². The van der Waals surface area contributed by atoms with Crippen molar-refractivity contribution in [3.05, 3.63) is 29.8 Å². The molecular weight excluding hydrogens is 562 g/mol. The zero-order valence-corrected chi connectivity index (χ0v) is 25.7. The molecule has 1 aromatic carbocycles. The summed E-state index contributed by atoms with van der Waals surface area (Å²) in [5, 5.41) is 48.3. The Morgan fingerprint density at radius 3 is 2.49 bits per heavy atom. The summed E-state index contributed by atoms with van der Waals surface area (Å²) < 4.78 is 6.15. The van der Waals surface area contributed by atoms with Crippen molar-refractivity contribution in [2.24, 2.45) is 11.8 Å². The summed E-state index contributed by atoms with van der Waals surface area (Å²) in [6, 6.07) is 7.41. The van der Waals surface area contributed by atoms with Gasteiger partial charge in [0.25, 0.3) is 0 Å². The average molecular weight is 610 g/mol. The molecule has 6 N–H and O–H groups in total. The van der Waals surface area contributed by atoms with Gasteiger partial charge in [-0.15, -0.1) is 23.5 Å². The minimum absolute atomic E-state index is 0.108. The number of hydrogen-bond acceptors (Lipinski definition) is 10. The number of hydrogen-bond donors (Lipinski definition) is 6. The summed E-state index contributed by atoms with van der Waals surface area (Å²) in [5.41, 5.74) is 0.463. The summed E-state index contributed by atoms with van der Waals surface area (Å²) >= 11 is 2.86. The molecule has 1 aliphatic carbocycles. The highest BCUT2D eigenvalue weighted by atomic mass is 32.2.